The fourth-order valence-electron chi connectivity index (χ4n) is 2.02. The Hall–Kier alpha value is -1.30. The molecule has 2 rings (SSSR count). The molecular formula is C11H15N3. The second-order valence-corrected chi connectivity index (χ2v) is 4.14. The highest BCUT2D eigenvalue weighted by atomic mass is 15.1. The second-order valence-electron chi connectivity index (χ2n) is 4.14. The molecule has 1 aromatic rings. The van der Waals surface area contributed by atoms with Gasteiger partial charge < -0.3 is 4.57 Å². The highest BCUT2D eigenvalue weighted by Gasteiger charge is 2.20. The first kappa shape index (κ1) is 9.26. The average Bonchev–Trinajstić information content (AvgIpc) is 2.56. The average molecular weight is 189 g/mol. The van der Waals surface area contributed by atoms with Gasteiger partial charge in [0.15, 0.2) is 0 Å². The van der Waals surface area contributed by atoms with Crippen LogP contribution in [0.15, 0.2) is 0 Å². The fourth-order valence-corrected chi connectivity index (χ4v) is 2.02. The monoisotopic (exact) mass is 189 g/mol. The molecule has 0 saturated carbocycles. The third-order valence-electron chi connectivity index (χ3n) is 2.76. The van der Waals surface area contributed by atoms with Crippen molar-refractivity contribution in [2.45, 2.75) is 45.6 Å². The van der Waals surface area contributed by atoms with Crippen LogP contribution in [0.1, 0.15) is 49.8 Å². The van der Waals surface area contributed by atoms with Crippen LogP contribution >= 0.6 is 0 Å². The van der Waals surface area contributed by atoms with E-state index in [2.05, 4.69) is 29.5 Å². The molecule has 2 heterocycles. The molecule has 0 spiro atoms. The normalized spacial score (nSPS) is 15.3. The van der Waals surface area contributed by atoms with Crippen LogP contribution in [0.5, 0.6) is 0 Å². The summed E-state index contributed by atoms with van der Waals surface area (Å²) < 4.78 is 2.10. The summed E-state index contributed by atoms with van der Waals surface area (Å²) >= 11 is 0. The summed E-state index contributed by atoms with van der Waals surface area (Å²) in [6, 6.07) is 2.29. The molecule has 0 radical (unpaired) electrons. The molecule has 0 N–H and O–H groups in total. The van der Waals surface area contributed by atoms with Gasteiger partial charge in [0.05, 0.1) is 5.69 Å². The van der Waals surface area contributed by atoms with Crippen LogP contribution < -0.4 is 0 Å². The number of imidazole rings is 1. The molecule has 3 nitrogen and oxygen atoms in total. The molecule has 0 aliphatic carbocycles. The van der Waals surface area contributed by atoms with Crippen molar-refractivity contribution in [3.05, 3.63) is 17.2 Å². The van der Waals surface area contributed by atoms with Gasteiger partial charge in [0, 0.05) is 13.0 Å². The number of nitriles is 1. The third kappa shape index (κ3) is 1.31. The van der Waals surface area contributed by atoms with Crippen molar-refractivity contribution in [2.24, 2.45) is 0 Å². The van der Waals surface area contributed by atoms with E-state index in [4.69, 9.17) is 5.26 Å². The summed E-state index contributed by atoms with van der Waals surface area (Å²) in [6.45, 7) is 5.16. The van der Waals surface area contributed by atoms with Crippen molar-refractivity contribution in [3.63, 3.8) is 0 Å². The molecule has 1 aromatic heterocycles. The zero-order valence-electron chi connectivity index (χ0n) is 8.75. The molecule has 1 aliphatic rings. The van der Waals surface area contributed by atoms with E-state index in [0.717, 1.165) is 30.2 Å². The van der Waals surface area contributed by atoms with Gasteiger partial charge >= 0.3 is 0 Å². The smallest absolute Gasteiger partial charge is 0.143 e. The van der Waals surface area contributed by atoms with Gasteiger partial charge in [0.2, 0.25) is 0 Å². The lowest BCUT2D eigenvalue weighted by Crippen LogP contribution is -2.11. The van der Waals surface area contributed by atoms with Crippen molar-refractivity contribution >= 4 is 0 Å². The summed E-state index contributed by atoms with van der Waals surface area (Å²) in [5.41, 5.74) is 1.76. The van der Waals surface area contributed by atoms with Gasteiger partial charge in [-0.3, -0.25) is 0 Å². The first-order valence-electron chi connectivity index (χ1n) is 5.23. The Morgan fingerprint density at radius 1 is 1.43 bits per heavy atom. The van der Waals surface area contributed by atoms with Gasteiger partial charge in [0.1, 0.15) is 17.6 Å². The van der Waals surface area contributed by atoms with Gasteiger partial charge in [-0.1, -0.05) is 13.8 Å². The fraction of sp³-hybridized carbons (Fsp3) is 0.636. The highest BCUT2D eigenvalue weighted by molar-refractivity contribution is 5.32. The van der Waals surface area contributed by atoms with E-state index in [0.29, 0.717) is 5.92 Å². The number of fused-ring (bicyclic) bond motifs is 1. The highest BCUT2D eigenvalue weighted by Crippen LogP contribution is 2.23. The molecule has 14 heavy (non-hydrogen) atoms. The van der Waals surface area contributed by atoms with Gasteiger partial charge in [-0.15, -0.1) is 0 Å². The molecule has 3 heteroatoms. The molecule has 0 saturated heterocycles. The summed E-state index contributed by atoms with van der Waals surface area (Å²) in [4.78, 5) is 4.56. The minimum Gasteiger partial charge on any atom is -0.320 e. The predicted octanol–water partition coefficient (Wildman–Crippen LogP) is 2.21. The summed E-state index contributed by atoms with van der Waals surface area (Å²) in [6.07, 6.45) is 3.41. The van der Waals surface area contributed by atoms with E-state index in [1.165, 1.54) is 12.8 Å². The van der Waals surface area contributed by atoms with E-state index in [1.807, 2.05) is 0 Å². The van der Waals surface area contributed by atoms with Crippen molar-refractivity contribution in [2.75, 3.05) is 0 Å². The lowest BCUT2D eigenvalue weighted by molar-refractivity contribution is 0.519. The van der Waals surface area contributed by atoms with Crippen LogP contribution in [0.2, 0.25) is 0 Å². The van der Waals surface area contributed by atoms with E-state index >= 15 is 0 Å². The number of aromatic nitrogens is 2. The first-order chi connectivity index (χ1) is 6.74. The van der Waals surface area contributed by atoms with E-state index in [-0.39, 0.29) is 0 Å². The SMILES string of the molecule is CC(C)c1nc2n(c1C#N)CCCC2. The summed E-state index contributed by atoms with van der Waals surface area (Å²) in [5, 5.41) is 9.10. The molecule has 74 valence electrons. The van der Waals surface area contributed by atoms with Crippen LogP contribution in [0.3, 0.4) is 0 Å². The predicted molar refractivity (Wildman–Crippen MR) is 54.0 cm³/mol. The number of rotatable bonds is 1. The number of nitrogens with zero attached hydrogens (tertiary/aromatic N) is 3. The zero-order valence-corrected chi connectivity index (χ0v) is 8.75. The maximum atomic E-state index is 9.10. The molecule has 0 atom stereocenters. The molecule has 0 unspecified atom stereocenters. The largest absolute Gasteiger partial charge is 0.320 e. The van der Waals surface area contributed by atoms with E-state index in [9.17, 15) is 0 Å². The van der Waals surface area contributed by atoms with E-state index in [1.54, 1.807) is 0 Å². The Balaban J connectivity index is 2.53. The van der Waals surface area contributed by atoms with Crippen LogP contribution in [0.4, 0.5) is 0 Å². The van der Waals surface area contributed by atoms with Gasteiger partial charge in [-0.05, 0) is 18.8 Å². The maximum absolute atomic E-state index is 9.10. The van der Waals surface area contributed by atoms with Gasteiger partial charge in [-0.2, -0.15) is 5.26 Å². The van der Waals surface area contributed by atoms with Crippen LogP contribution in [-0.4, -0.2) is 9.55 Å². The Morgan fingerprint density at radius 3 is 2.86 bits per heavy atom. The standard InChI is InChI=1S/C11H15N3/c1-8(2)11-9(7-12)14-6-4-3-5-10(14)13-11/h8H,3-6H2,1-2H3. The molecule has 0 fully saturated rings. The Bertz CT molecular complexity index is 382. The minimum absolute atomic E-state index is 0.350. The molecule has 0 amide bonds. The van der Waals surface area contributed by atoms with Crippen LogP contribution in [0.25, 0.3) is 0 Å². The minimum atomic E-state index is 0.350. The van der Waals surface area contributed by atoms with Crippen molar-refractivity contribution in [3.8, 4) is 6.07 Å². The molecular weight excluding hydrogens is 174 g/mol. The topological polar surface area (TPSA) is 41.6 Å². The second kappa shape index (κ2) is 3.45. The molecule has 0 aromatic carbocycles. The molecule has 1 aliphatic heterocycles. The maximum Gasteiger partial charge on any atom is 0.143 e. The van der Waals surface area contributed by atoms with Crippen LogP contribution in [-0.2, 0) is 13.0 Å². The Labute approximate surface area is 84.4 Å². The first-order valence-corrected chi connectivity index (χ1v) is 5.23. The Morgan fingerprint density at radius 2 is 2.21 bits per heavy atom. The van der Waals surface area contributed by atoms with Crippen LogP contribution in [0, 0.1) is 11.3 Å². The van der Waals surface area contributed by atoms with Crippen molar-refractivity contribution in [1.82, 2.24) is 9.55 Å². The van der Waals surface area contributed by atoms with Gasteiger partial charge in [-0.25, -0.2) is 4.98 Å². The lowest BCUT2D eigenvalue weighted by Gasteiger charge is -2.13. The zero-order chi connectivity index (χ0) is 10.1. The van der Waals surface area contributed by atoms with Gasteiger partial charge in [0.25, 0.3) is 0 Å². The number of hydrogen-bond acceptors (Lipinski definition) is 2. The van der Waals surface area contributed by atoms with E-state index < -0.39 is 0 Å². The quantitative estimate of drug-likeness (QED) is 0.679. The third-order valence-corrected chi connectivity index (χ3v) is 2.76. The lowest BCUT2D eigenvalue weighted by atomic mass is 10.1. The summed E-state index contributed by atoms with van der Waals surface area (Å²) in [5.74, 6) is 1.46. The summed E-state index contributed by atoms with van der Waals surface area (Å²) in [7, 11) is 0. The number of hydrogen-bond donors (Lipinski definition) is 0. The van der Waals surface area contributed by atoms with Crippen molar-refractivity contribution < 1.29 is 0 Å². The number of aryl methyl sites for hydroxylation is 1. The Kier molecular flexibility index (Phi) is 2.28. The molecule has 0 bridgehead atoms. The van der Waals surface area contributed by atoms with Crippen molar-refractivity contribution in [1.29, 1.82) is 5.26 Å².